The molecule has 29 heavy (non-hydrogen) atoms. The summed E-state index contributed by atoms with van der Waals surface area (Å²) in [6.07, 6.45) is 1.47. The molecule has 1 amide bonds. The number of esters is 1. The van der Waals surface area contributed by atoms with Gasteiger partial charge >= 0.3 is 5.97 Å². The Morgan fingerprint density at radius 3 is 2.76 bits per heavy atom. The van der Waals surface area contributed by atoms with Crippen LogP contribution >= 0.6 is 11.3 Å². The van der Waals surface area contributed by atoms with Crippen LogP contribution in [-0.2, 0) is 16.0 Å². The van der Waals surface area contributed by atoms with Crippen LogP contribution in [0.4, 0.5) is 5.69 Å². The number of aromatic nitrogens is 2. The minimum atomic E-state index is -0.548. The number of anilines is 1. The van der Waals surface area contributed by atoms with Gasteiger partial charge in [0.05, 0.1) is 48.1 Å². The zero-order valence-electron chi connectivity index (χ0n) is 16.4. The van der Waals surface area contributed by atoms with Gasteiger partial charge in [-0.2, -0.15) is 0 Å². The second kappa shape index (κ2) is 8.97. The summed E-state index contributed by atoms with van der Waals surface area (Å²) in [5, 5.41) is 3.15. The van der Waals surface area contributed by atoms with Gasteiger partial charge in [-0.15, -0.1) is 11.3 Å². The molecule has 2 aromatic heterocycles. The number of carbonyl (C=O) groups excluding carboxylic acids is 2. The summed E-state index contributed by atoms with van der Waals surface area (Å²) in [5.74, 6) is -0.963. The van der Waals surface area contributed by atoms with Crippen LogP contribution in [0, 0.1) is 6.92 Å². The van der Waals surface area contributed by atoms with Crippen molar-refractivity contribution in [3.8, 4) is 0 Å². The molecule has 0 radical (unpaired) electrons. The summed E-state index contributed by atoms with van der Waals surface area (Å²) in [6, 6.07) is 6.57. The minimum Gasteiger partial charge on any atom is -0.465 e. The van der Waals surface area contributed by atoms with E-state index in [2.05, 4.69) is 10.3 Å². The van der Waals surface area contributed by atoms with E-state index in [0.717, 1.165) is 11.3 Å². The molecule has 1 N–H and O–H groups in total. The number of methoxy groups -OCH3 is 1. The van der Waals surface area contributed by atoms with E-state index in [1.54, 1.807) is 31.2 Å². The van der Waals surface area contributed by atoms with E-state index >= 15 is 0 Å². The normalized spacial score (nSPS) is 10.9. The number of rotatable bonds is 7. The van der Waals surface area contributed by atoms with Gasteiger partial charge in [0.1, 0.15) is 4.83 Å². The summed E-state index contributed by atoms with van der Waals surface area (Å²) < 4.78 is 11.5. The van der Waals surface area contributed by atoms with E-state index in [-0.39, 0.29) is 11.1 Å². The largest absolute Gasteiger partial charge is 0.465 e. The van der Waals surface area contributed by atoms with Crippen molar-refractivity contribution >= 4 is 39.1 Å². The van der Waals surface area contributed by atoms with Crippen LogP contribution in [0.1, 0.15) is 32.5 Å². The van der Waals surface area contributed by atoms with Crippen LogP contribution in [-0.4, -0.2) is 41.8 Å². The van der Waals surface area contributed by atoms with Crippen molar-refractivity contribution in [3.05, 3.63) is 57.0 Å². The first-order valence-electron chi connectivity index (χ1n) is 9.02. The lowest BCUT2D eigenvalue weighted by Gasteiger charge is -2.09. The highest BCUT2D eigenvalue weighted by molar-refractivity contribution is 7.20. The van der Waals surface area contributed by atoms with Gasteiger partial charge in [0.15, 0.2) is 0 Å². The van der Waals surface area contributed by atoms with Crippen molar-refractivity contribution < 1.29 is 19.1 Å². The van der Waals surface area contributed by atoms with E-state index in [1.807, 2.05) is 6.92 Å². The smallest absolute Gasteiger partial charge is 0.339 e. The lowest BCUT2D eigenvalue weighted by Crippen LogP contribution is -2.23. The van der Waals surface area contributed by atoms with Crippen molar-refractivity contribution in [2.75, 3.05) is 25.6 Å². The molecule has 1 aromatic carbocycles. The van der Waals surface area contributed by atoms with Crippen molar-refractivity contribution in [2.45, 2.75) is 20.4 Å². The third-order valence-electron chi connectivity index (χ3n) is 4.38. The zero-order valence-corrected chi connectivity index (χ0v) is 17.2. The van der Waals surface area contributed by atoms with Gasteiger partial charge in [0.2, 0.25) is 0 Å². The number of para-hydroxylation sites is 1. The number of aryl methyl sites for hydroxylation is 1. The summed E-state index contributed by atoms with van der Waals surface area (Å²) in [7, 11) is 1.28. The SMILES string of the molecule is CCOCCn1cnc2sc(C(=O)Nc3ccccc3C(=O)OC)c(C)c2c1=O. The first kappa shape index (κ1) is 20.7. The van der Waals surface area contributed by atoms with Crippen LogP contribution in [0.15, 0.2) is 35.4 Å². The maximum atomic E-state index is 12.9. The lowest BCUT2D eigenvalue weighted by molar-refractivity contribution is 0.0602. The maximum Gasteiger partial charge on any atom is 0.339 e. The average molecular weight is 415 g/mol. The Kier molecular flexibility index (Phi) is 6.40. The van der Waals surface area contributed by atoms with Crippen molar-refractivity contribution in [3.63, 3.8) is 0 Å². The third kappa shape index (κ3) is 4.20. The topological polar surface area (TPSA) is 99.5 Å². The second-order valence-corrected chi connectivity index (χ2v) is 7.17. The quantitative estimate of drug-likeness (QED) is 0.471. The molecule has 0 aliphatic carbocycles. The van der Waals surface area contributed by atoms with Gasteiger partial charge in [-0.05, 0) is 31.5 Å². The van der Waals surface area contributed by atoms with Gasteiger partial charge < -0.3 is 14.8 Å². The summed E-state index contributed by atoms with van der Waals surface area (Å²) in [4.78, 5) is 42.8. The van der Waals surface area contributed by atoms with Gasteiger partial charge in [0.25, 0.3) is 11.5 Å². The zero-order chi connectivity index (χ0) is 21.0. The summed E-state index contributed by atoms with van der Waals surface area (Å²) in [6.45, 7) is 4.97. The van der Waals surface area contributed by atoms with E-state index in [4.69, 9.17) is 9.47 Å². The highest BCUT2D eigenvalue weighted by atomic mass is 32.1. The van der Waals surface area contributed by atoms with Gasteiger partial charge in [-0.1, -0.05) is 12.1 Å². The molecule has 0 aliphatic heterocycles. The Morgan fingerprint density at radius 1 is 1.28 bits per heavy atom. The molecule has 2 heterocycles. The summed E-state index contributed by atoms with van der Waals surface area (Å²) >= 11 is 1.14. The van der Waals surface area contributed by atoms with Crippen LogP contribution in [0.2, 0.25) is 0 Å². The minimum absolute atomic E-state index is 0.211. The monoisotopic (exact) mass is 415 g/mol. The highest BCUT2D eigenvalue weighted by Crippen LogP contribution is 2.28. The molecule has 0 spiro atoms. The molecule has 0 saturated heterocycles. The Labute approximate surface area is 171 Å². The number of benzene rings is 1. The highest BCUT2D eigenvalue weighted by Gasteiger charge is 2.21. The van der Waals surface area contributed by atoms with Crippen molar-refractivity contribution in [1.29, 1.82) is 0 Å². The molecule has 0 aliphatic rings. The van der Waals surface area contributed by atoms with E-state index in [1.165, 1.54) is 18.0 Å². The maximum absolute atomic E-state index is 12.9. The fraction of sp³-hybridized carbons (Fsp3) is 0.300. The van der Waals surface area contributed by atoms with E-state index < -0.39 is 11.9 Å². The first-order valence-corrected chi connectivity index (χ1v) is 9.84. The number of fused-ring (bicyclic) bond motifs is 1. The summed E-state index contributed by atoms with van der Waals surface area (Å²) in [5.41, 5.74) is 0.931. The van der Waals surface area contributed by atoms with Crippen molar-refractivity contribution in [1.82, 2.24) is 9.55 Å². The standard InChI is InChI=1S/C20H21N3O5S/c1-4-28-10-9-23-11-21-18-15(19(23)25)12(2)16(29-18)17(24)22-14-8-6-5-7-13(14)20(26)27-3/h5-8,11H,4,9-10H2,1-3H3,(H,22,24). The Bertz CT molecular complexity index is 1120. The third-order valence-corrected chi connectivity index (χ3v) is 5.58. The molecule has 9 heteroatoms. The van der Waals surface area contributed by atoms with Crippen molar-refractivity contribution in [2.24, 2.45) is 0 Å². The molecule has 152 valence electrons. The molecular formula is C20H21N3O5S. The van der Waals surface area contributed by atoms with Gasteiger partial charge in [-0.25, -0.2) is 9.78 Å². The number of amides is 1. The number of ether oxygens (including phenoxy) is 2. The predicted octanol–water partition coefficient (Wildman–Crippen LogP) is 2.84. The lowest BCUT2D eigenvalue weighted by atomic mass is 10.1. The number of hydrogen-bond acceptors (Lipinski definition) is 7. The molecule has 3 aromatic rings. The first-order chi connectivity index (χ1) is 14.0. The number of nitrogens with one attached hydrogen (secondary N) is 1. The Balaban J connectivity index is 1.94. The molecule has 0 unspecified atom stereocenters. The number of nitrogens with zero attached hydrogens (tertiary/aromatic N) is 2. The number of thiophene rings is 1. The fourth-order valence-corrected chi connectivity index (χ4v) is 3.94. The molecule has 0 saturated carbocycles. The number of hydrogen-bond donors (Lipinski definition) is 1. The molecule has 3 rings (SSSR count). The molecular weight excluding hydrogens is 394 g/mol. The van der Waals surface area contributed by atoms with Crippen LogP contribution in [0.5, 0.6) is 0 Å². The number of carbonyl (C=O) groups is 2. The van der Waals surface area contributed by atoms with Crippen LogP contribution < -0.4 is 10.9 Å². The fourth-order valence-electron chi connectivity index (χ4n) is 2.90. The van der Waals surface area contributed by atoms with Gasteiger partial charge in [0, 0.05) is 6.61 Å². The van der Waals surface area contributed by atoms with E-state index in [0.29, 0.717) is 46.1 Å². The van der Waals surface area contributed by atoms with E-state index in [9.17, 15) is 14.4 Å². The second-order valence-electron chi connectivity index (χ2n) is 6.17. The van der Waals surface area contributed by atoms with Crippen LogP contribution in [0.3, 0.4) is 0 Å². The van der Waals surface area contributed by atoms with Crippen LogP contribution in [0.25, 0.3) is 10.2 Å². The predicted molar refractivity (Wildman–Crippen MR) is 111 cm³/mol. The molecule has 0 bridgehead atoms. The Hall–Kier alpha value is -3.04. The molecule has 0 fully saturated rings. The molecule has 0 atom stereocenters. The van der Waals surface area contributed by atoms with Gasteiger partial charge in [-0.3, -0.25) is 14.2 Å². The molecule has 8 nitrogen and oxygen atoms in total. The average Bonchev–Trinajstić information content (AvgIpc) is 3.07. The Morgan fingerprint density at radius 2 is 2.03 bits per heavy atom.